The van der Waals surface area contributed by atoms with Gasteiger partial charge < -0.3 is 10.2 Å². The smallest absolute Gasteiger partial charge is 0.416 e. The Hall–Kier alpha value is -2.47. The summed E-state index contributed by atoms with van der Waals surface area (Å²) >= 11 is 0. The van der Waals surface area contributed by atoms with Crippen LogP contribution in [0, 0.1) is 0 Å². The molecule has 1 aliphatic carbocycles. The Kier molecular flexibility index (Phi) is 6.40. The first kappa shape index (κ1) is 24.2. The first-order valence-corrected chi connectivity index (χ1v) is 11.0. The van der Waals surface area contributed by atoms with Crippen molar-refractivity contribution in [1.82, 2.24) is 4.72 Å². The molecule has 0 heterocycles. The second kappa shape index (κ2) is 8.47. The van der Waals surface area contributed by atoms with Crippen LogP contribution in [0.4, 0.5) is 26.3 Å². The lowest BCUT2D eigenvalue weighted by Gasteiger charge is -2.29. The Morgan fingerprint density at radius 3 is 1.81 bits per heavy atom. The quantitative estimate of drug-likeness (QED) is 0.526. The molecule has 0 unspecified atom stereocenters. The summed E-state index contributed by atoms with van der Waals surface area (Å²) in [7, 11) is -4.65. The summed E-state index contributed by atoms with van der Waals surface area (Å²) in [4.78, 5) is -1.11. The van der Waals surface area contributed by atoms with E-state index in [0.29, 0.717) is 18.4 Å². The fourth-order valence-corrected chi connectivity index (χ4v) is 5.14. The molecule has 1 saturated carbocycles. The first-order chi connectivity index (χ1) is 14.7. The van der Waals surface area contributed by atoms with Gasteiger partial charge in [-0.05, 0) is 61.4 Å². The SMILES string of the molecule is O=S(=O)(N[C@H]1CC[C@@H](c2ccc(O)cc2O)CC1)c1cc(C(F)(F)F)cc(C(F)(F)F)c1. The molecule has 0 radical (unpaired) electrons. The Labute approximate surface area is 179 Å². The number of nitrogens with one attached hydrogen (secondary N) is 1. The van der Waals surface area contributed by atoms with E-state index in [1.165, 1.54) is 12.1 Å². The van der Waals surface area contributed by atoms with E-state index < -0.39 is 44.4 Å². The molecule has 0 aromatic heterocycles. The molecule has 0 atom stereocenters. The summed E-state index contributed by atoms with van der Waals surface area (Å²) in [6.45, 7) is 0. The van der Waals surface area contributed by atoms with E-state index in [9.17, 15) is 45.0 Å². The summed E-state index contributed by atoms with van der Waals surface area (Å²) in [5, 5.41) is 19.3. The molecule has 12 heteroatoms. The average Bonchev–Trinajstić information content (AvgIpc) is 2.67. The number of phenolic OH excluding ortho intramolecular Hbond substituents is 2. The van der Waals surface area contributed by atoms with Gasteiger partial charge in [0, 0.05) is 12.1 Å². The molecule has 1 fully saturated rings. The number of rotatable bonds is 4. The highest BCUT2D eigenvalue weighted by atomic mass is 32.2. The molecular formula is C20H19F6NO4S. The van der Waals surface area contributed by atoms with E-state index in [2.05, 4.69) is 4.72 Å². The van der Waals surface area contributed by atoms with Crippen LogP contribution in [0.5, 0.6) is 11.5 Å². The number of hydrogen-bond donors (Lipinski definition) is 3. The molecule has 0 bridgehead atoms. The highest BCUT2D eigenvalue weighted by Gasteiger charge is 2.38. The molecule has 32 heavy (non-hydrogen) atoms. The predicted molar refractivity (Wildman–Crippen MR) is 102 cm³/mol. The molecule has 0 saturated heterocycles. The van der Waals surface area contributed by atoms with Crippen LogP contribution in [0.15, 0.2) is 41.3 Å². The second-order valence-electron chi connectivity index (χ2n) is 7.65. The highest BCUT2D eigenvalue weighted by molar-refractivity contribution is 7.89. The third-order valence-corrected chi connectivity index (χ3v) is 6.87. The maximum Gasteiger partial charge on any atom is 0.416 e. The molecule has 2 aromatic carbocycles. The van der Waals surface area contributed by atoms with E-state index in [1.54, 1.807) is 6.07 Å². The number of hydrogen-bond acceptors (Lipinski definition) is 4. The van der Waals surface area contributed by atoms with Gasteiger partial charge in [-0.2, -0.15) is 26.3 Å². The molecule has 3 N–H and O–H groups in total. The largest absolute Gasteiger partial charge is 0.508 e. The van der Waals surface area contributed by atoms with Crippen LogP contribution in [-0.2, 0) is 22.4 Å². The van der Waals surface area contributed by atoms with Crippen LogP contribution in [0.2, 0.25) is 0 Å². The molecule has 2 aromatic rings. The predicted octanol–water partition coefficient (Wildman–Crippen LogP) is 5.14. The Balaban J connectivity index is 1.78. The van der Waals surface area contributed by atoms with E-state index in [-0.39, 0.29) is 48.5 Å². The van der Waals surface area contributed by atoms with E-state index >= 15 is 0 Å². The summed E-state index contributed by atoms with van der Waals surface area (Å²) in [5.41, 5.74) is -2.85. The van der Waals surface area contributed by atoms with Crippen LogP contribution < -0.4 is 4.72 Å². The molecule has 3 rings (SSSR count). The lowest BCUT2D eigenvalue weighted by atomic mass is 9.81. The number of benzene rings is 2. The van der Waals surface area contributed by atoms with Crippen molar-refractivity contribution < 1.29 is 45.0 Å². The molecule has 0 spiro atoms. The second-order valence-corrected chi connectivity index (χ2v) is 9.37. The summed E-state index contributed by atoms with van der Waals surface area (Å²) < 4.78 is 106. The Bertz CT molecular complexity index is 1060. The fraction of sp³-hybridized carbons (Fsp3) is 0.400. The van der Waals surface area contributed by atoms with Gasteiger partial charge in [-0.15, -0.1) is 0 Å². The minimum absolute atomic E-state index is 0.113. The van der Waals surface area contributed by atoms with E-state index in [0.717, 1.165) is 0 Å². The van der Waals surface area contributed by atoms with Gasteiger partial charge in [-0.25, -0.2) is 13.1 Å². The first-order valence-electron chi connectivity index (χ1n) is 9.50. The van der Waals surface area contributed by atoms with Gasteiger partial charge in [0.05, 0.1) is 16.0 Å². The number of halogens is 6. The summed E-state index contributed by atoms with van der Waals surface area (Å²) in [5.74, 6) is -0.369. The van der Waals surface area contributed by atoms with Crippen LogP contribution in [0.25, 0.3) is 0 Å². The van der Waals surface area contributed by atoms with Gasteiger partial charge in [0.15, 0.2) is 0 Å². The van der Waals surface area contributed by atoms with Crippen molar-refractivity contribution in [3.05, 3.63) is 53.1 Å². The van der Waals surface area contributed by atoms with Gasteiger partial charge in [0.2, 0.25) is 10.0 Å². The van der Waals surface area contributed by atoms with Crippen molar-refractivity contribution in [1.29, 1.82) is 0 Å². The lowest BCUT2D eigenvalue weighted by Crippen LogP contribution is -2.37. The summed E-state index contributed by atoms with van der Waals surface area (Å²) in [6, 6.07) is 3.65. The van der Waals surface area contributed by atoms with Crippen molar-refractivity contribution in [3.63, 3.8) is 0 Å². The minimum atomic E-state index is -5.16. The molecule has 5 nitrogen and oxygen atoms in total. The standard InChI is InChI=1S/C20H19F6NO4S/c21-19(22,23)12-7-13(20(24,25)26)9-16(8-12)32(30,31)27-14-3-1-11(2-4-14)17-6-5-15(28)10-18(17)29/h5-11,14,27-29H,1-4H2/t11-,14+. The molecule has 1 aliphatic rings. The number of phenols is 2. The molecule has 0 aliphatic heterocycles. The van der Waals surface area contributed by atoms with E-state index in [4.69, 9.17) is 0 Å². The molecule has 176 valence electrons. The van der Waals surface area contributed by atoms with Crippen molar-refractivity contribution >= 4 is 10.0 Å². The third kappa shape index (κ3) is 5.47. The van der Waals surface area contributed by atoms with Crippen molar-refractivity contribution in [3.8, 4) is 11.5 Å². The molecular weight excluding hydrogens is 464 g/mol. The lowest BCUT2D eigenvalue weighted by molar-refractivity contribution is -0.143. The zero-order valence-electron chi connectivity index (χ0n) is 16.3. The number of sulfonamides is 1. The maximum atomic E-state index is 13.0. The normalized spacial score (nSPS) is 20.3. The van der Waals surface area contributed by atoms with E-state index in [1.807, 2.05) is 0 Å². The van der Waals surface area contributed by atoms with Crippen LogP contribution in [-0.4, -0.2) is 24.7 Å². The topological polar surface area (TPSA) is 86.6 Å². The van der Waals surface area contributed by atoms with Crippen LogP contribution in [0.1, 0.15) is 48.3 Å². The third-order valence-electron chi connectivity index (χ3n) is 5.37. The maximum absolute atomic E-state index is 13.0. The minimum Gasteiger partial charge on any atom is -0.508 e. The number of aromatic hydroxyl groups is 2. The van der Waals surface area contributed by atoms with Crippen molar-refractivity contribution in [2.75, 3.05) is 0 Å². The van der Waals surface area contributed by atoms with Gasteiger partial charge in [-0.1, -0.05) is 6.07 Å². The number of alkyl halides is 6. The Morgan fingerprint density at radius 1 is 0.812 bits per heavy atom. The van der Waals surface area contributed by atoms with Gasteiger partial charge in [0.25, 0.3) is 0 Å². The monoisotopic (exact) mass is 483 g/mol. The van der Waals surface area contributed by atoms with Gasteiger partial charge >= 0.3 is 12.4 Å². The van der Waals surface area contributed by atoms with Gasteiger partial charge in [-0.3, -0.25) is 0 Å². The zero-order chi connectivity index (χ0) is 23.9. The van der Waals surface area contributed by atoms with Crippen molar-refractivity contribution in [2.45, 2.75) is 54.9 Å². The van der Waals surface area contributed by atoms with Crippen molar-refractivity contribution in [2.24, 2.45) is 0 Å². The fourth-order valence-electron chi connectivity index (χ4n) is 3.77. The Morgan fingerprint density at radius 2 is 1.34 bits per heavy atom. The van der Waals surface area contributed by atoms with Crippen LogP contribution >= 0.6 is 0 Å². The van der Waals surface area contributed by atoms with Gasteiger partial charge in [0.1, 0.15) is 11.5 Å². The van der Waals surface area contributed by atoms with Crippen LogP contribution in [0.3, 0.4) is 0 Å². The highest BCUT2D eigenvalue weighted by Crippen LogP contribution is 2.40. The average molecular weight is 483 g/mol. The zero-order valence-corrected chi connectivity index (χ0v) is 17.2. The summed E-state index contributed by atoms with van der Waals surface area (Å²) in [6.07, 6.45) is -8.96. The molecule has 0 amide bonds.